The molecule has 1 aromatic rings. The van der Waals surface area contributed by atoms with Gasteiger partial charge in [0, 0.05) is 20.2 Å². The number of piperidine rings is 1. The molecule has 6 heteroatoms. The minimum atomic E-state index is -3.51. The highest BCUT2D eigenvalue weighted by Crippen LogP contribution is 2.27. The standard InChI is InChI=1S/C14H22N2O3S/c1-11-5-6-14(13(15)8-11)20(17,18)16-7-3-4-12(9-16)10-19-2/h5-6,8,12H,3-4,7,9-10,15H2,1-2H3. The summed E-state index contributed by atoms with van der Waals surface area (Å²) in [6, 6.07) is 5.07. The molecule has 1 unspecified atom stereocenters. The maximum absolute atomic E-state index is 12.7. The molecule has 0 amide bonds. The molecular formula is C14H22N2O3S. The van der Waals surface area contributed by atoms with Gasteiger partial charge in [0.25, 0.3) is 0 Å². The van der Waals surface area contributed by atoms with Crippen molar-refractivity contribution in [3.63, 3.8) is 0 Å². The van der Waals surface area contributed by atoms with Crippen LogP contribution in [0.3, 0.4) is 0 Å². The summed E-state index contributed by atoms with van der Waals surface area (Å²) in [6.45, 7) is 3.54. The Bertz CT molecular complexity index is 570. The molecule has 20 heavy (non-hydrogen) atoms. The Morgan fingerprint density at radius 3 is 2.85 bits per heavy atom. The number of ether oxygens (including phenoxy) is 1. The minimum Gasteiger partial charge on any atom is -0.398 e. The molecule has 0 aromatic heterocycles. The molecule has 1 heterocycles. The number of hydrogen-bond acceptors (Lipinski definition) is 4. The Kier molecular flexibility index (Phi) is 4.67. The summed E-state index contributed by atoms with van der Waals surface area (Å²) in [4.78, 5) is 0.209. The van der Waals surface area contributed by atoms with E-state index in [1.165, 1.54) is 4.31 Å². The normalized spacial score (nSPS) is 21.0. The summed E-state index contributed by atoms with van der Waals surface area (Å²) in [6.07, 6.45) is 1.86. The van der Waals surface area contributed by atoms with E-state index >= 15 is 0 Å². The molecule has 112 valence electrons. The van der Waals surface area contributed by atoms with Crippen molar-refractivity contribution in [2.75, 3.05) is 32.5 Å². The molecular weight excluding hydrogens is 276 g/mol. The van der Waals surface area contributed by atoms with Crippen molar-refractivity contribution >= 4 is 15.7 Å². The summed E-state index contributed by atoms with van der Waals surface area (Å²) in [5.41, 5.74) is 7.15. The lowest BCUT2D eigenvalue weighted by Gasteiger charge is -2.31. The highest BCUT2D eigenvalue weighted by Gasteiger charge is 2.31. The fourth-order valence-corrected chi connectivity index (χ4v) is 4.31. The molecule has 0 saturated carbocycles. The van der Waals surface area contributed by atoms with Gasteiger partial charge in [0.15, 0.2) is 0 Å². The van der Waals surface area contributed by atoms with Crippen LogP contribution >= 0.6 is 0 Å². The van der Waals surface area contributed by atoms with E-state index in [-0.39, 0.29) is 10.8 Å². The van der Waals surface area contributed by atoms with Gasteiger partial charge in [0.1, 0.15) is 4.90 Å². The number of hydrogen-bond donors (Lipinski definition) is 1. The zero-order chi connectivity index (χ0) is 14.8. The topological polar surface area (TPSA) is 72.6 Å². The number of nitrogens with zero attached hydrogens (tertiary/aromatic N) is 1. The molecule has 5 nitrogen and oxygen atoms in total. The van der Waals surface area contributed by atoms with Gasteiger partial charge in [-0.1, -0.05) is 6.07 Å². The van der Waals surface area contributed by atoms with Crippen LogP contribution in [0.15, 0.2) is 23.1 Å². The number of aryl methyl sites for hydroxylation is 1. The third kappa shape index (κ3) is 3.13. The summed E-state index contributed by atoms with van der Waals surface area (Å²) < 4.78 is 32.0. The number of anilines is 1. The van der Waals surface area contributed by atoms with Crippen LogP contribution < -0.4 is 5.73 Å². The smallest absolute Gasteiger partial charge is 0.245 e. The molecule has 0 aliphatic carbocycles. The lowest BCUT2D eigenvalue weighted by Crippen LogP contribution is -2.41. The number of nitrogens with two attached hydrogens (primary N) is 1. The van der Waals surface area contributed by atoms with E-state index in [4.69, 9.17) is 10.5 Å². The van der Waals surface area contributed by atoms with Gasteiger partial charge in [-0.2, -0.15) is 4.31 Å². The first kappa shape index (κ1) is 15.3. The Balaban J connectivity index is 2.25. The Morgan fingerprint density at radius 2 is 2.20 bits per heavy atom. The van der Waals surface area contributed by atoms with Gasteiger partial charge in [-0.3, -0.25) is 0 Å². The molecule has 0 spiro atoms. The first-order valence-corrected chi connectivity index (χ1v) is 8.24. The second-order valence-electron chi connectivity index (χ2n) is 5.37. The molecule has 1 fully saturated rings. The highest BCUT2D eigenvalue weighted by molar-refractivity contribution is 7.89. The van der Waals surface area contributed by atoms with Crippen molar-refractivity contribution < 1.29 is 13.2 Å². The van der Waals surface area contributed by atoms with Gasteiger partial charge in [0.05, 0.1) is 12.3 Å². The predicted octanol–water partition coefficient (Wildman–Crippen LogP) is 1.62. The quantitative estimate of drug-likeness (QED) is 0.857. The largest absolute Gasteiger partial charge is 0.398 e. The van der Waals surface area contributed by atoms with Crippen molar-refractivity contribution in [3.8, 4) is 0 Å². The van der Waals surface area contributed by atoms with Crippen LogP contribution in [0.5, 0.6) is 0 Å². The van der Waals surface area contributed by atoms with Crippen LogP contribution in [-0.4, -0.2) is 39.5 Å². The van der Waals surface area contributed by atoms with Crippen molar-refractivity contribution in [1.29, 1.82) is 0 Å². The maximum atomic E-state index is 12.7. The molecule has 2 N–H and O–H groups in total. The molecule has 0 radical (unpaired) electrons. The predicted molar refractivity (Wildman–Crippen MR) is 79.0 cm³/mol. The summed E-state index contributed by atoms with van der Waals surface area (Å²) >= 11 is 0. The van der Waals surface area contributed by atoms with Crippen molar-refractivity contribution in [1.82, 2.24) is 4.31 Å². The Hall–Kier alpha value is -1.11. The van der Waals surface area contributed by atoms with Crippen molar-refractivity contribution in [3.05, 3.63) is 23.8 Å². The van der Waals surface area contributed by atoms with E-state index in [0.717, 1.165) is 18.4 Å². The van der Waals surface area contributed by atoms with E-state index in [1.807, 2.05) is 6.92 Å². The zero-order valence-corrected chi connectivity index (χ0v) is 12.8. The fourth-order valence-electron chi connectivity index (χ4n) is 2.66. The third-order valence-corrected chi connectivity index (χ3v) is 5.61. The molecule has 1 aromatic carbocycles. The van der Waals surface area contributed by atoms with Crippen LogP contribution in [0.2, 0.25) is 0 Å². The lowest BCUT2D eigenvalue weighted by molar-refractivity contribution is 0.118. The van der Waals surface area contributed by atoms with Crippen LogP contribution in [0.4, 0.5) is 5.69 Å². The van der Waals surface area contributed by atoms with E-state index in [2.05, 4.69) is 0 Å². The van der Waals surface area contributed by atoms with Gasteiger partial charge in [0.2, 0.25) is 10.0 Å². The number of sulfonamides is 1. The number of rotatable bonds is 4. The second kappa shape index (κ2) is 6.11. The van der Waals surface area contributed by atoms with Crippen LogP contribution in [0, 0.1) is 12.8 Å². The van der Waals surface area contributed by atoms with E-state index in [9.17, 15) is 8.42 Å². The molecule has 1 aliphatic rings. The number of benzene rings is 1. The molecule has 2 rings (SSSR count). The first-order chi connectivity index (χ1) is 9.45. The van der Waals surface area contributed by atoms with Gasteiger partial charge in [-0.05, 0) is 43.4 Å². The van der Waals surface area contributed by atoms with Crippen molar-refractivity contribution in [2.24, 2.45) is 5.92 Å². The second-order valence-corrected chi connectivity index (χ2v) is 7.27. The maximum Gasteiger partial charge on any atom is 0.245 e. The first-order valence-electron chi connectivity index (χ1n) is 6.80. The van der Waals surface area contributed by atoms with Gasteiger partial charge in [-0.25, -0.2) is 8.42 Å². The third-order valence-electron chi connectivity index (χ3n) is 3.67. The Morgan fingerprint density at radius 1 is 1.45 bits per heavy atom. The van der Waals surface area contributed by atoms with Gasteiger partial charge in [-0.15, -0.1) is 0 Å². The van der Waals surface area contributed by atoms with Crippen LogP contribution in [0.25, 0.3) is 0 Å². The number of nitrogen functional groups attached to an aromatic ring is 1. The molecule has 1 aliphatic heterocycles. The summed E-state index contributed by atoms with van der Waals surface area (Å²) in [7, 11) is -1.86. The van der Waals surface area contributed by atoms with E-state index < -0.39 is 10.0 Å². The highest BCUT2D eigenvalue weighted by atomic mass is 32.2. The summed E-state index contributed by atoms with van der Waals surface area (Å²) in [5, 5.41) is 0. The molecule has 1 saturated heterocycles. The number of methoxy groups -OCH3 is 1. The molecule has 1 atom stereocenters. The lowest BCUT2D eigenvalue weighted by atomic mass is 10.0. The fraction of sp³-hybridized carbons (Fsp3) is 0.571. The monoisotopic (exact) mass is 298 g/mol. The summed E-state index contributed by atoms with van der Waals surface area (Å²) in [5.74, 6) is 0.259. The average Bonchev–Trinajstić information content (AvgIpc) is 2.39. The zero-order valence-electron chi connectivity index (χ0n) is 12.0. The Labute approximate surface area is 120 Å². The SMILES string of the molecule is COCC1CCCN(S(=O)(=O)c2ccc(C)cc2N)C1. The van der Waals surface area contributed by atoms with E-state index in [0.29, 0.717) is 25.4 Å². The van der Waals surface area contributed by atoms with E-state index in [1.54, 1.807) is 25.3 Å². The van der Waals surface area contributed by atoms with Gasteiger partial charge < -0.3 is 10.5 Å². The van der Waals surface area contributed by atoms with Crippen molar-refractivity contribution in [2.45, 2.75) is 24.7 Å². The average molecular weight is 298 g/mol. The minimum absolute atomic E-state index is 0.209. The molecule has 0 bridgehead atoms. The van der Waals surface area contributed by atoms with Gasteiger partial charge >= 0.3 is 0 Å². The van der Waals surface area contributed by atoms with Crippen LogP contribution in [0.1, 0.15) is 18.4 Å². The van der Waals surface area contributed by atoms with Crippen LogP contribution in [-0.2, 0) is 14.8 Å².